The topological polar surface area (TPSA) is 78.5 Å². The summed E-state index contributed by atoms with van der Waals surface area (Å²) in [6, 6.07) is 7.21. The van der Waals surface area contributed by atoms with Gasteiger partial charge < -0.3 is 10.6 Å². The highest BCUT2D eigenvalue weighted by atomic mass is 16.2. The Hall–Kier alpha value is -2.37. The zero-order valence-electron chi connectivity index (χ0n) is 14.3. The van der Waals surface area contributed by atoms with E-state index >= 15 is 0 Å². The van der Waals surface area contributed by atoms with E-state index in [0.29, 0.717) is 0 Å². The Bertz CT molecular complexity index is 681. The lowest BCUT2D eigenvalue weighted by Gasteiger charge is -2.21. The Morgan fingerprint density at radius 2 is 1.96 bits per heavy atom. The number of imide groups is 1. The molecule has 1 aliphatic carbocycles. The SMILES string of the molecule is Cc1ccc(C(C)NC(=O)CN2C(=O)NC(C)(C3CC3)C2=O)cc1. The molecule has 1 aliphatic heterocycles. The largest absolute Gasteiger partial charge is 0.348 e. The number of aryl methyl sites for hydroxylation is 1. The van der Waals surface area contributed by atoms with Gasteiger partial charge in [0.2, 0.25) is 5.91 Å². The number of carbonyl (C=O) groups is 3. The average molecular weight is 329 g/mol. The highest BCUT2D eigenvalue weighted by molar-refractivity contribution is 6.09. The molecule has 128 valence electrons. The second-order valence-corrected chi connectivity index (χ2v) is 7.00. The second kappa shape index (κ2) is 5.92. The van der Waals surface area contributed by atoms with Crippen molar-refractivity contribution in [1.82, 2.24) is 15.5 Å². The molecule has 6 heteroatoms. The van der Waals surface area contributed by atoms with E-state index in [4.69, 9.17) is 0 Å². The van der Waals surface area contributed by atoms with Gasteiger partial charge in [-0.25, -0.2) is 4.79 Å². The minimum Gasteiger partial charge on any atom is -0.348 e. The molecule has 2 atom stereocenters. The van der Waals surface area contributed by atoms with Gasteiger partial charge in [-0.15, -0.1) is 0 Å². The molecule has 2 unspecified atom stereocenters. The summed E-state index contributed by atoms with van der Waals surface area (Å²) in [5.41, 5.74) is 1.28. The van der Waals surface area contributed by atoms with Crippen molar-refractivity contribution < 1.29 is 14.4 Å². The lowest BCUT2D eigenvalue weighted by Crippen LogP contribution is -2.47. The first-order valence-electron chi connectivity index (χ1n) is 8.31. The third-order valence-electron chi connectivity index (χ3n) is 4.95. The molecule has 4 amide bonds. The Morgan fingerprint density at radius 3 is 2.54 bits per heavy atom. The molecular formula is C18H23N3O3. The van der Waals surface area contributed by atoms with Crippen LogP contribution in [0.4, 0.5) is 4.79 Å². The molecule has 2 fully saturated rings. The van der Waals surface area contributed by atoms with Gasteiger partial charge in [0.15, 0.2) is 0 Å². The average Bonchev–Trinajstić information content (AvgIpc) is 3.34. The predicted molar refractivity (Wildman–Crippen MR) is 89.1 cm³/mol. The van der Waals surface area contributed by atoms with Crippen molar-refractivity contribution in [1.29, 1.82) is 0 Å². The fourth-order valence-corrected chi connectivity index (χ4v) is 3.17. The highest BCUT2D eigenvalue weighted by Crippen LogP contribution is 2.42. The predicted octanol–water partition coefficient (Wildman–Crippen LogP) is 1.89. The summed E-state index contributed by atoms with van der Waals surface area (Å²) in [4.78, 5) is 37.9. The van der Waals surface area contributed by atoms with Crippen LogP contribution in [-0.4, -0.2) is 34.8 Å². The quantitative estimate of drug-likeness (QED) is 0.810. The molecule has 2 aliphatic rings. The van der Waals surface area contributed by atoms with Gasteiger partial charge in [0, 0.05) is 0 Å². The maximum absolute atomic E-state index is 12.5. The van der Waals surface area contributed by atoms with Crippen LogP contribution in [0.25, 0.3) is 0 Å². The van der Waals surface area contributed by atoms with Crippen LogP contribution in [0.5, 0.6) is 0 Å². The standard InChI is InChI=1S/C18H23N3O3/c1-11-4-6-13(7-5-11)12(2)19-15(22)10-21-16(23)18(3,14-8-9-14)20-17(21)24/h4-7,12,14H,8-10H2,1-3H3,(H,19,22)(H,20,24). The number of hydrogen-bond donors (Lipinski definition) is 2. The number of urea groups is 1. The molecule has 0 radical (unpaired) electrons. The van der Waals surface area contributed by atoms with Crippen LogP contribution in [0, 0.1) is 12.8 Å². The molecule has 24 heavy (non-hydrogen) atoms. The Balaban J connectivity index is 1.61. The van der Waals surface area contributed by atoms with Crippen molar-refractivity contribution in [2.75, 3.05) is 6.54 Å². The fourth-order valence-electron chi connectivity index (χ4n) is 3.17. The van der Waals surface area contributed by atoms with Gasteiger partial charge in [-0.2, -0.15) is 0 Å². The summed E-state index contributed by atoms with van der Waals surface area (Å²) < 4.78 is 0. The molecule has 6 nitrogen and oxygen atoms in total. The monoisotopic (exact) mass is 329 g/mol. The van der Waals surface area contributed by atoms with E-state index in [1.807, 2.05) is 38.1 Å². The smallest absolute Gasteiger partial charge is 0.325 e. The molecule has 0 aromatic heterocycles. The lowest BCUT2D eigenvalue weighted by molar-refractivity contribution is -0.135. The highest BCUT2D eigenvalue weighted by Gasteiger charge is 2.56. The zero-order valence-corrected chi connectivity index (χ0v) is 14.3. The van der Waals surface area contributed by atoms with E-state index in [0.717, 1.165) is 28.9 Å². The van der Waals surface area contributed by atoms with Gasteiger partial charge in [-0.3, -0.25) is 14.5 Å². The second-order valence-electron chi connectivity index (χ2n) is 7.00. The number of nitrogens with one attached hydrogen (secondary N) is 2. The van der Waals surface area contributed by atoms with Crippen LogP contribution < -0.4 is 10.6 Å². The normalized spacial score (nSPS) is 24.7. The van der Waals surface area contributed by atoms with Gasteiger partial charge in [-0.1, -0.05) is 29.8 Å². The number of rotatable bonds is 5. The fraction of sp³-hybridized carbons (Fsp3) is 0.500. The van der Waals surface area contributed by atoms with E-state index in [-0.39, 0.29) is 30.3 Å². The number of nitrogens with zero attached hydrogens (tertiary/aromatic N) is 1. The van der Waals surface area contributed by atoms with Gasteiger partial charge in [-0.05, 0) is 45.1 Å². The molecule has 0 spiro atoms. The summed E-state index contributed by atoms with van der Waals surface area (Å²) >= 11 is 0. The lowest BCUT2D eigenvalue weighted by atomic mass is 9.96. The number of amides is 4. The van der Waals surface area contributed by atoms with Crippen LogP contribution in [0.3, 0.4) is 0 Å². The summed E-state index contributed by atoms with van der Waals surface area (Å²) in [5.74, 6) is -0.451. The molecule has 3 rings (SSSR count). The third-order valence-corrected chi connectivity index (χ3v) is 4.95. The number of benzene rings is 1. The minimum atomic E-state index is -0.847. The Morgan fingerprint density at radius 1 is 1.33 bits per heavy atom. The van der Waals surface area contributed by atoms with Crippen molar-refractivity contribution in [3.8, 4) is 0 Å². The summed E-state index contributed by atoms with van der Waals surface area (Å²) in [7, 11) is 0. The van der Waals surface area contributed by atoms with Crippen molar-refractivity contribution in [2.24, 2.45) is 5.92 Å². The first-order chi connectivity index (χ1) is 11.3. The van der Waals surface area contributed by atoms with E-state index in [9.17, 15) is 14.4 Å². The van der Waals surface area contributed by atoms with E-state index in [1.54, 1.807) is 6.92 Å². The number of hydrogen-bond acceptors (Lipinski definition) is 3. The van der Waals surface area contributed by atoms with Gasteiger partial charge in [0.1, 0.15) is 12.1 Å². The summed E-state index contributed by atoms with van der Waals surface area (Å²) in [6.07, 6.45) is 1.88. The first kappa shape index (κ1) is 16.5. The molecule has 1 saturated heterocycles. The van der Waals surface area contributed by atoms with Crippen molar-refractivity contribution in [3.63, 3.8) is 0 Å². The molecule has 0 bridgehead atoms. The minimum absolute atomic E-state index is 0.186. The van der Waals surface area contributed by atoms with Crippen molar-refractivity contribution in [3.05, 3.63) is 35.4 Å². The van der Waals surface area contributed by atoms with Crippen LogP contribution in [-0.2, 0) is 9.59 Å². The van der Waals surface area contributed by atoms with Crippen LogP contribution in [0.2, 0.25) is 0 Å². The van der Waals surface area contributed by atoms with Crippen LogP contribution in [0.1, 0.15) is 43.9 Å². The molecular weight excluding hydrogens is 306 g/mol. The Labute approximate surface area is 141 Å². The number of carbonyl (C=O) groups excluding carboxylic acids is 3. The maximum Gasteiger partial charge on any atom is 0.325 e. The van der Waals surface area contributed by atoms with E-state index < -0.39 is 11.6 Å². The molecule has 2 N–H and O–H groups in total. The summed E-state index contributed by atoms with van der Waals surface area (Å²) in [6.45, 7) is 5.38. The molecule has 1 saturated carbocycles. The summed E-state index contributed by atoms with van der Waals surface area (Å²) in [5, 5.41) is 5.59. The Kier molecular flexibility index (Phi) is 4.07. The zero-order chi connectivity index (χ0) is 17.5. The van der Waals surface area contributed by atoms with E-state index in [2.05, 4.69) is 10.6 Å². The third kappa shape index (κ3) is 3.00. The molecule has 1 aromatic carbocycles. The maximum atomic E-state index is 12.5. The van der Waals surface area contributed by atoms with Crippen molar-refractivity contribution >= 4 is 17.8 Å². The van der Waals surface area contributed by atoms with Gasteiger partial charge in [0.05, 0.1) is 6.04 Å². The van der Waals surface area contributed by atoms with Crippen LogP contribution in [0.15, 0.2) is 24.3 Å². The van der Waals surface area contributed by atoms with Crippen molar-refractivity contribution in [2.45, 2.75) is 45.2 Å². The van der Waals surface area contributed by atoms with Gasteiger partial charge in [0.25, 0.3) is 5.91 Å². The van der Waals surface area contributed by atoms with Crippen LogP contribution >= 0.6 is 0 Å². The first-order valence-corrected chi connectivity index (χ1v) is 8.31. The molecule has 1 heterocycles. The van der Waals surface area contributed by atoms with Gasteiger partial charge >= 0.3 is 6.03 Å². The molecule has 1 aromatic rings. The van der Waals surface area contributed by atoms with E-state index in [1.165, 1.54) is 0 Å².